The van der Waals surface area contributed by atoms with E-state index in [0.29, 0.717) is 36.0 Å². The van der Waals surface area contributed by atoms with Crippen LogP contribution in [0.5, 0.6) is 0 Å². The highest BCUT2D eigenvalue weighted by atomic mass is 16.2. The second kappa shape index (κ2) is 10.2. The molecule has 2 aromatic carbocycles. The number of fused-ring (bicyclic) bond motifs is 1. The van der Waals surface area contributed by atoms with Crippen LogP contribution < -0.4 is 32.0 Å². The van der Waals surface area contributed by atoms with Gasteiger partial charge in [-0.25, -0.2) is 9.97 Å². The normalized spacial score (nSPS) is 13.0. The van der Waals surface area contributed by atoms with Gasteiger partial charge in [-0.1, -0.05) is 0 Å². The summed E-state index contributed by atoms with van der Waals surface area (Å²) in [5, 5.41) is 14.7. The van der Waals surface area contributed by atoms with Crippen molar-refractivity contribution in [2.75, 3.05) is 34.4 Å². The SMILES string of the molecule is CC(C)NC(=O)CN1CCC(=O)Nc2ccc(-c3nccc(Nc4ccc(N)c(C=[NH2+])c4)n3)cc21. The van der Waals surface area contributed by atoms with Crippen LogP contribution in [0.1, 0.15) is 25.8 Å². The van der Waals surface area contributed by atoms with Crippen molar-refractivity contribution in [3.63, 3.8) is 0 Å². The lowest BCUT2D eigenvalue weighted by molar-refractivity contribution is -0.120. The third-order valence-electron chi connectivity index (χ3n) is 5.46. The Labute approximate surface area is 203 Å². The van der Waals surface area contributed by atoms with Crippen LogP contribution in [0.25, 0.3) is 11.4 Å². The van der Waals surface area contributed by atoms with Crippen LogP contribution in [0.3, 0.4) is 0 Å². The third kappa shape index (κ3) is 5.72. The molecule has 1 aliphatic rings. The first-order chi connectivity index (χ1) is 16.8. The lowest BCUT2D eigenvalue weighted by atomic mass is 10.1. The monoisotopic (exact) mass is 473 g/mol. The summed E-state index contributed by atoms with van der Waals surface area (Å²) in [4.78, 5) is 35.6. The maximum atomic E-state index is 12.5. The molecule has 2 heterocycles. The smallest absolute Gasteiger partial charge is 0.239 e. The highest BCUT2D eigenvalue weighted by Crippen LogP contribution is 2.33. The Morgan fingerprint density at radius 1 is 1.26 bits per heavy atom. The van der Waals surface area contributed by atoms with Gasteiger partial charge in [-0.05, 0) is 56.3 Å². The summed E-state index contributed by atoms with van der Waals surface area (Å²) in [7, 11) is 0. The van der Waals surface area contributed by atoms with Crippen molar-refractivity contribution < 1.29 is 15.0 Å². The second-order valence-electron chi connectivity index (χ2n) is 8.57. The van der Waals surface area contributed by atoms with Crippen LogP contribution in [0.4, 0.5) is 28.6 Å². The Balaban J connectivity index is 1.63. The van der Waals surface area contributed by atoms with Gasteiger partial charge in [-0.3, -0.25) is 15.0 Å². The van der Waals surface area contributed by atoms with Crippen molar-refractivity contribution in [3.05, 3.63) is 54.2 Å². The molecule has 0 saturated carbocycles. The number of amides is 2. The van der Waals surface area contributed by atoms with E-state index in [9.17, 15) is 9.59 Å². The Morgan fingerprint density at radius 3 is 2.86 bits per heavy atom. The lowest BCUT2D eigenvalue weighted by Crippen LogP contribution is -2.40. The highest BCUT2D eigenvalue weighted by Gasteiger charge is 2.22. The minimum absolute atomic E-state index is 0.0311. The molecule has 0 atom stereocenters. The predicted octanol–water partition coefficient (Wildman–Crippen LogP) is 1.32. The quantitative estimate of drug-likeness (QED) is 0.256. The minimum Gasteiger partial charge on any atom is -0.398 e. The number of nitrogens with zero attached hydrogens (tertiary/aromatic N) is 3. The fourth-order valence-corrected chi connectivity index (χ4v) is 3.83. The molecule has 2 amide bonds. The zero-order valence-corrected chi connectivity index (χ0v) is 19.7. The topological polar surface area (TPSA) is 151 Å². The molecule has 10 nitrogen and oxygen atoms in total. The van der Waals surface area contributed by atoms with Crippen molar-refractivity contribution >= 4 is 46.6 Å². The van der Waals surface area contributed by atoms with Crippen molar-refractivity contribution in [1.82, 2.24) is 15.3 Å². The summed E-state index contributed by atoms with van der Waals surface area (Å²) < 4.78 is 0. The lowest BCUT2D eigenvalue weighted by Gasteiger charge is -2.24. The molecule has 1 aromatic heterocycles. The molecule has 0 bridgehead atoms. The van der Waals surface area contributed by atoms with Crippen LogP contribution in [0.15, 0.2) is 48.7 Å². The second-order valence-corrected chi connectivity index (χ2v) is 8.57. The van der Waals surface area contributed by atoms with Gasteiger partial charge in [0.05, 0.1) is 23.5 Å². The molecule has 0 radical (unpaired) electrons. The van der Waals surface area contributed by atoms with E-state index in [2.05, 4.69) is 25.9 Å². The van der Waals surface area contributed by atoms with Gasteiger partial charge in [0.1, 0.15) is 5.82 Å². The molecule has 3 aromatic rings. The molecule has 35 heavy (non-hydrogen) atoms. The van der Waals surface area contributed by atoms with Crippen LogP contribution >= 0.6 is 0 Å². The fraction of sp³-hybridized carbons (Fsp3) is 0.240. The number of carbonyl (C=O) groups is 2. The zero-order chi connectivity index (χ0) is 24.9. The van der Waals surface area contributed by atoms with Gasteiger partial charge in [0.2, 0.25) is 11.8 Å². The third-order valence-corrected chi connectivity index (χ3v) is 5.46. The number of nitrogen functional groups attached to an aromatic ring is 1. The number of hydrogen-bond acceptors (Lipinski definition) is 7. The summed E-state index contributed by atoms with van der Waals surface area (Å²) in [5.41, 5.74) is 10.2. The molecular formula is C25H29N8O2+. The van der Waals surface area contributed by atoms with Gasteiger partial charge in [0, 0.05) is 42.1 Å². The van der Waals surface area contributed by atoms with E-state index in [1.165, 1.54) is 6.21 Å². The molecule has 4 rings (SSSR count). The number of carbonyl (C=O) groups excluding carboxylic acids is 2. The number of rotatable bonds is 7. The van der Waals surface area contributed by atoms with Gasteiger partial charge in [0.25, 0.3) is 0 Å². The van der Waals surface area contributed by atoms with Crippen molar-refractivity contribution in [2.24, 2.45) is 0 Å². The zero-order valence-electron chi connectivity index (χ0n) is 19.7. The summed E-state index contributed by atoms with van der Waals surface area (Å²) >= 11 is 0. The predicted molar refractivity (Wildman–Crippen MR) is 137 cm³/mol. The van der Waals surface area contributed by atoms with E-state index in [1.807, 2.05) is 49.1 Å². The highest BCUT2D eigenvalue weighted by molar-refractivity contribution is 5.98. The molecule has 0 saturated heterocycles. The average molecular weight is 474 g/mol. The first-order valence-corrected chi connectivity index (χ1v) is 11.4. The van der Waals surface area contributed by atoms with Gasteiger partial charge in [0.15, 0.2) is 12.0 Å². The number of hydrogen-bond donors (Lipinski definition) is 5. The molecule has 180 valence electrons. The molecule has 0 aliphatic carbocycles. The minimum atomic E-state index is -0.106. The van der Waals surface area contributed by atoms with Crippen molar-refractivity contribution in [1.29, 1.82) is 0 Å². The van der Waals surface area contributed by atoms with Crippen LogP contribution in [0, 0.1) is 0 Å². The number of nitrogens with two attached hydrogens (primary N) is 2. The molecule has 10 heteroatoms. The summed E-state index contributed by atoms with van der Waals surface area (Å²) in [6, 6.07) is 12.8. The molecule has 0 spiro atoms. The Kier molecular flexibility index (Phi) is 6.91. The standard InChI is InChI=1S/C25H28N8O2/c1-15(2)29-24(35)14-33-10-8-23(34)31-20-6-3-16(12-21(20)33)25-28-9-7-22(32-25)30-18-4-5-19(27)17(11-18)13-26/h3-7,9,11-13,15,26H,8,10,14,27H2,1-2H3,(H,29,35)(H,31,34)(H,28,30,32)/p+1. The van der Waals surface area contributed by atoms with E-state index in [1.54, 1.807) is 18.3 Å². The Morgan fingerprint density at radius 2 is 2.09 bits per heavy atom. The van der Waals surface area contributed by atoms with Crippen LogP contribution in [-0.2, 0) is 9.59 Å². The van der Waals surface area contributed by atoms with Gasteiger partial charge >= 0.3 is 0 Å². The number of anilines is 5. The van der Waals surface area contributed by atoms with Crippen LogP contribution in [0.2, 0.25) is 0 Å². The fourth-order valence-electron chi connectivity index (χ4n) is 3.83. The van der Waals surface area contributed by atoms with E-state index in [4.69, 9.17) is 11.1 Å². The summed E-state index contributed by atoms with van der Waals surface area (Å²) in [6.45, 7) is 4.39. The van der Waals surface area contributed by atoms with Gasteiger partial charge in [-0.2, -0.15) is 0 Å². The van der Waals surface area contributed by atoms with E-state index < -0.39 is 0 Å². The van der Waals surface area contributed by atoms with E-state index >= 15 is 0 Å². The van der Waals surface area contributed by atoms with E-state index in [-0.39, 0.29) is 24.4 Å². The first kappa shape index (κ1) is 23.7. The van der Waals surface area contributed by atoms with Crippen molar-refractivity contribution in [2.45, 2.75) is 26.3 Å². The summed E-state index contributed by atoms with van der Waals surface area (Å²) in [5.74, 6) is 0.900. The molecule has 0 unspecified atom stereocenters. The number of benzene rings is 2. The van der Waals surface area contributed by atoms with E-state index in [0.717, 1.165) is 22.5 Å². The van der Waals surface area contributed by atoms with Crippen molar-refractivity contribution in [3.8, 4) is 11.4 Å². The van der Waals surface area contributed by atoms with Gasteiger partial charge < -0.3 is 26.6 Å². The summed E-state index contributed by atoms with van der Waals surface area (Å²) in [6.07, 6.45) is 3.41. The number of nitrogens with one attached hydrogen (secondary N) is 3. The van der Waals surface area contributed by atoms with Gasteiger partial charge in [-0.15, -0.1) is 0 Å². The molecule has 1 aliphatic heterocycles. The Hall–Kier alpha value is -4.47. The maximum absolute atomic E-state index is 12.5. The molecule has 7 N–H and O–H groups in total. The average Bonchev–Trinajstić information content (AvgIpc) is 2.98. The molecule has 0 fully saturated rings. The largest absolute Gasteiger partial charge is 0.398 e. The van der Waals surface area contributed by atoms with Crippen LogP contribution in [-0.4, -0.2) is 47.1 Å². The first-order valence-electron chi connectivity index (χ1n) is 11.4. The number of aromatic nitrogens is 2. The maximum Gasteiger partial charge on any atom is 0.239 e. The molecular weight excluding hydrogens is 444 g/mol. The Bertz CT molecular complexity index is 1270.